The van der Waals surface area contributed by atoms with Gasteiger partial charge in [-0.2, -0.15) is 0 Å². The van der Waals surface area contributed by atoms with Gasteiger partial charge in [0.2, 0.25) is 5.91 Å². The average Bonchev–Trinajstić information content (AvgIpc) is 3.19. The fourth-order valence-corrected chi connectivity index (χ4v) is 4.22. The molecule has 2 heterocycles. The number of ether oxygens (including phenoxy) is 1. The molecule has 31 heavy (non-hydrogen) atoms. The Balaban J connectivity index is 1.19. The molecular formula is C25H29ClN2O3. The summed E-state index contributed by atoms with van der Waals surface area (Å²) in [5.41, 5.74) is 3.90. The van der Waals surface area contributed by atoms with Gasteiger partial charge in [0, 0.05) is 30.5 Å². The highest BCUT2D eigenvalue weighted by Crippen LogP contribution is 2.31. The number of likely N-dealkylation sites (tertiary alicyclic amines) is 1. The first kappa shape index (κ1) is 21.7. The van der Waals surface area contributed by atoms with Gasteiger partial charge in [-0.3, -0.25) is 4.79 Å². The minimum absolute atomic E-state index is 0.231. The van der Waals surface area contributed by atoms with Crippen LogP contribution < -0.4 is 4.74 Å². The van der Waals surface area contributed by atoms with E-state index in [-0.39, 0.29) is 11.8 Å². The van der Waals surface area contributed by atoms with Crippen molar-refractivity contribution in [1.82, 2.24) is 9.88 Å². The van der Waals surface area contributed by atoms with Gasteiger partial charge in [0.25, 0.3) is 0 Å². The highest BCUT2D eigenvalue weighted by molar-refractivity contribution is 6.31. The van der Waals surface area contributed by atoms with Gasteiger partial charge in [0.15, 0.2) is 11.5 Å². The molecule has 4 rings (SSSR count). The second-order valence-corrected chi connectivity index (χ2v) is 8.83. The number of benzene rings is 2. The smallest absolute Gasteiger partial charge is 0.222 e. The number of hydrogen-bond acceptors (Lipinski definition) is 4. The number of oxazole rings is 1. The number of carbonyl (C=O) groups excluding carboxylic acids is 1. The second kappa shape index (κ2) is 9.73. The maximum Gasteiger partial charge on any atom is 0.222 e. The van der Waals surface area contributed by atoms with Crippen molar-refractivity contribution in [3.63, 3.8) is 0 Å². The van der Waals surface area contributed by atoms with Gasteiger partial charge in [0.05, 0.1) is 6.61 Å². The third-order valence-corrected chi connectivity index (χ3v) is 6.18. The van der Waals surface area contributed by atoms with Crippen molar-refractivity contribution in [1.29, 1.82) is 0 Å². The van der Waals surface area contributed by atoms with E-state index >= 15 is 0 Å². The third-order valence-electron chi connectivity index (χ3n) is 5.95. The molecule has 0 radical (unpaired) electrons. The average molecular weight is 441 g/mol. The monoisotopic (exact) mass is 440 g/mol. The maximum atomic E-state index is 12.6. The van der Waals surface area contributed by atoms with Crippen molar-refractivity contribution in [2.45, 2.75) is 51.9 Å². The molecule has 5 nitrogen and oxygen atoms in total. The molecule has 0 spiro atoms. The van der Waals surface area contributed by atoms with Gasteiger partial charge >= 0.3 is 0 Å². The molecule has 1 fully saturated rings. The predicted molar refractivity (Wildman–Crippen MR) is 123 cm³/mol. The topological polar surface area (TPSA) is 55.6 Å². The zero-order chi connectivity index (χ0) is 21.8. The molecule has 1 aromatic heterocycles. The molecule has 0 atom stereocenters. The van der Waals surface area contributed by atoms with Gasteiger partial charge in [-0.1, -0.05) is 23.7 Å². The standard InChI is InChI=1S/C25H29ClN2O3/c1-17-6-7-18(2)23(15-17)30-14-4-3-5-24(29)28-12-10-19(11-13-28)25-27-21-16-20(26)8-9-22(21)31-25/h6-9,15-16,19H,3-5,10-14H2,1-2H3. The van der Waals surface area contributed by atoms with E-state index in [4.69, 9.17) is 20.8 Å². The van der Waals surface area contributed by atoms with Crippen LogP contribution >= 0.6 is 11.6 Å². The van der Waals surface area contributed by atoms with Crippen LogP contribution in [0.25, 0.3) is 11.1 Å². The molecule has 1 aliphatic heterocycles. The highest BCUT2D eigenvalue weighted by Gasteiger charge is 2.26. The van der Waals surface area contributed by atoms with Gasteiger partial charge in [-0.25, -0.2) is 4.98 Å². The summed E-state index contributed by atoms with van der Waals surface area (Å²) in [4.78, 5) is 19.2. The van der Waals surface area contributed by atoms with E-state index in [1.807, 2.05) is 23.1 Å². The van der Waals surface area contributed by atoms with Crippen molar-refractivity contribution < 1.29 is 13.9 Å². The first-order valence-corrected chi connectivity index (χ1v) is 11.4. The number of carbonyl (C=O) groups is 1. The summed E-state index contributed by atoms with van der Waals surface area (Å²) in [7, 11) is 0. The summed E-state index contributed by atoms with van der Waals surface area (Å²) in [5.74, 6) is 2.18. The number of nitrogens with zero attached hydrogens (tertiary/aromatic N) is 2. The molecule has 0 unspecified atom stereocenters. The second-order valence-electron chi connectivity index (χ2n) is 8.39. The number of piperidine rings is 1. The Bertz CT molecular complexity index is 1050. The summed E-state index contributed by atoms with van der Waals surface area (Å²) >= 11 is 6.04. The Labute approximate surface area is 188 Å². The van der Waals surface area contributed by atoms with Crippen molar-refractivity contribution in [2.75, 3.05) is 19.7 Å². The van der Waals surface area contributed by atoms with Gasteiger partial charge in [-0.05, 0) is 74.9 Å². The van der Waals surface area contributed by atoms with Crippen molar-refractivity contribution in [3.05, 3.63) is 58.4 Å². The first-order chi connectivity index (χ1) is 15.0. The highest BCUT2D eigenvalue weighted by atomic mass is 35.5. The van der Waals surface area contributed by atoms with E-state index in [1.54, 1.807) is 0 Å². The summed E-state index contributed by atoms with van der Waals surface area (Å²) in [5, 5.41) is 0.659. The zero-order valence-electron chi connectivity index (χ0n) is 18.2. The van der Waals surface area contributed by atoms with Crippen LogP contribution in [0.2, 0.25) is 5.02 Å². The number of rotatable bonds is 7. The molecule has 2 aromatic carbocycles. The van der Waals surface area contributed by atoms with Gasteiger partial charge < -0.3 is 14.1 Å². The molecule has 1 aliphatic rings. The van der Waals surface area contributed by atoms with Crippen molar-refractivity contribution in [3.8, 4) is 5.75 Å². The molecule has 0 N–H and O–H groups in total. The summed E-state index contributed by atoms with van der Waals surface area (Å²) in [6.45, 7) is 6.26. The Morgan fingerprint density at radius 1 is 1.16 bits per heavy atom. The van der Waals surface area contributed by atoms with E-state index in [0.29, 0.717) is 18.1 Å². The minimum atomic E-state index is 0.231. The van der Waals surface area contributed by atoms with Crippen LogP contribution in [-0.4, -0.2) is 35.5 Å². The first-order valence-electron chi connectivity index (χ1n) is 11.0. The van der Waals surface area contributed by atoms with E-state index in [9.17, 15) is 4.79 Å². The van der Waals surface area contributed by atoms with E-state index in [2.05, 4.69) is 37.0 Å². The molecule has 6 heteroatoms. The molecule has 1 amide bonds. The van der Waals surface area contributed by atoms with Crippen molar-refractivity contribution in [2.24, 2.45) is 0 Å². The SMILES string of the molecule is Cc1ccc(C)c(OCCCCC(=O)N2CCC(c3nc4cc(Cl)ccc4o3)CC2)c1. The predicted octanol–water partition coefficient (Wildman–Crippen LogP) is 6.05. The summed E-state index contributed by atoms with van der Waals surface area (Å²) in [6.07, 6.45) is 4.04. The molecule has 3 aromatic rings. The quantitative estimate of drug-likeness (QED) is 0.419. The zero-order valence-corrected chi connectivity index (χ0v) is 19.0. The number of aryl methyl sites for hydroxylation is 2. The molecule has 0 bridgehead atoms. The fourth-order valence-electron chi connectivity index (χ4n) is 4.05. The summed E-state index contributed by atoms with van der Waals surface area (Å²) < 4.78 is 11.8. The van der Waals surface area contributed by atoms with Crippen LogP contribution in [0.1, 0.15) is 55.0 Å². The van der Waals surface area contributed by atoms with Gasteiger partial charge in [-0.15, -0.1) is 0 Å². The number of fused-ring (bicyclic) bond motifs is 1. The lowest BCUT2D eigenvalue weighted by Crippen LogP contribution is -2.37. The Morgan fingerprint density at radius 2 is 1.97 bits per heavy atom. The van der Waals surface area contributed by atoms with Crippen LogP contribution in [0.3, 0.4) is 0 Å². The molecule has 1 saturated heterocycles. The molecule has 0 aliphatic carbocycles. The minimum Gasteiger partial charge on any atom is -0.493 e. The maximum absolute atomic E-state index is 12.6. The summed E-state index contributed by atoms with van der Waals surface area (Å²) in [6, 6.07) is 11.7. The number of aromatic nitrogens is 1. The number of unbranched alkanes of at least 4 members (excludes halogenated alkanes) is 1. The van der Waals surface area contributed by atoms with Crippen LogP contribution in [0.5, 0.6) is 5.75 Å². The normalized spacial score (nSPS) is 14.9. The number of halogens is 1. The molecule has 0 saturated carbocycles. The molecule has 164 valence electrons. The van der Waals surface area contributed by atoms with Crippen LogP contribution in [0.4, 0.5) is 0 Å². The third kappa shape index (κ3) is 5.40. The Kier molecular flexibility index (Phi) is 6.81. The van der Waals surface area contributed by atoms with E-state index in [0.717, 1.165) is 67.1 Å². The Morgan fingerprint density at radius 3 is 2.77 bits per heavy atom. The van der Waals surface area contributed by atoms with Crippen molar-refractivity contribution >= 4 is 28.6 Å². The lowest BCUT2D eigenvalue weighted by molar-refractivity contribution is -0.132. The number of hydrogen-bond donors (Lipinski definition) is 0. The molecular weight excluding hydrogens is 412 g/mol. The fraction of sp³-hybridized carbons (Fsp3) is 0.440. The van der Waals surface area contributed by atoms with Crippen LogP contribution in [0.15, 0.2) is 40.8 Å². The lowest BCUT2D eigenvalue weighted by atomic mass is 9.96. The van der Waals surface area contributed by atoms with E-state index in [1.165, 1.54) is 5.56 Å². The largest absolute Gasteiger partial charge is 0.493 e. The lowest BCUT2D eigenvalue weighted by Gasteiger charge is -2.30. The Hall–Kier alpha value is -2.53. The van der Waals surface area contributed by atoms with E-state index < -0.39 is 0 Å². The number of amides is 1. The van der Waals surface area contributed by atoms with Crippen LogP contribution in [-0.2, 0) is 4.79 Å². The van der Waals surface area contributed by atoms with Crippen LogP contribution in [0, 0.1) is 13.8 Å². The van der Waals surface area contributed by atoms with Gasteiger partial charge in [0.1, 0.15) is 11.3 Å².